The Kier molecular flexibility index (Phi) is 3.75. The molecule has 1 aliphatic carbocycles. The maximum Gasteiger partial charge on any atom is 0.417 e. The topological polar surface area (TPSA) is 68.0 Å². The van der Waals surface area contributed by atoms with Crippen molar-refractivity contribution in [3.05, 3.63) is 29.6 Å². The lowest BCUT2D eigenvalue weighted by Gasteiger charge is -2.32. The van der Waals surface area contributed by atoms with Gasteiger partial charge in [0.05, 0.1) is 5.56 Å². The molecule has 7 heteroatoms. The molecule has 1 amide bonds. The second-order valence-electron chi connectivity index (χ2n) is 4.74. The molecule has 0 atom stereocenters. The Morgan fingerprint density at radius 2 is 2.11 bits per heavy atom. The Morgan fingerprint density at radius 1 is 1.42 bits per heavy atom. The number of nitrogens with one attached hydrogen (secondary N) is 1. The van der Waals surface area contributed by atoms with Crippen LogP contribution in [-0.2, 0) is 6.18 Å². The van der Waals surface area contributed by atoms with Crippen LogP contribution in [0.15, 0.2) is 18.3 Å². The lowest BCUT2D eigenvalue weighted by molar-refractivity contribution is -0.137. The van der Waals surface area contributed by atoms with Crippen molar-refractivity contribution in [1.82, 2.24) is 10.3 Å². The van der Waals surface area contributed by atoms with Crippen LogP contribution in [0, 0.1) is 5.92 Å². The molecule has 1 aliphatic rings. The van der Waals surface area contributed by atoms with E-state index in [-0.39, 0.29) is 11.7 Å². The normalized spacial score (nSPS) is 22.7. The number of carbonyl (C=O) groups excluding carboxylic acids is 1. The molecule has 2 rings (SSSR count). The maximum atomic E-state index is 12.3. The van der Waals surface area contributed by atoms with Crippen LogP contribution in [0.4, 0.5) is 13.2 Å². The zero-order valence-corrected chi connectivity index (χ0v) is 10.1. The van der Waals surface area contributed by atoms with Crippen molar-refractivity contribution < 1.29 is 18.0 Å². The monoisotopic (exact) mass is 273 g/mol. The van der Waals surface area contributed by atoms with E-state index in [9.17, 15) is 18.0 Å². The van der Waals surface area contributed by atoms with Gasteiger partial charge in [-0.25, -0.2) is 0 Å². The van der Waals surface area contributed by atoms with Crippen molar-refractivity contribution in [2.45, 2.75) is 25.1 Å². The summed E-state index contributed by atoms with van der Waals surface area (Å²) in [5.41, 5.74) is 4.73. The van der Waals surface area contributed by atoms with Gasteiger partial charge in [-0.3, -0.25) is 9.78 Å². The third-order valence-corrected chi connectivity index (χ3v) is 3.15. The molecular weight excluding hydrogens is 259 g/mol. The van der Waals surface area contributed by atoms with Crippen molar-refractivity contribution in [3.63, 3.8) is 0 Å². The van der Waals surface area contributed by atoms with E-state index in [1.807, 2.05) is 0 Å². The zero-order chi connectivity index (χ0) is 14.0. The highest BCUT2D eigenvalue weighted by Crippen LogP contribution is 2.28. The molecule has 1 saturated carbocycles. The summed E-state index contributed by atoms with van der Waals surface area (Å²) in [6.07, 6.45) is -2.06. The molecule has 0 unspecified atom stereocenters. The minimum absolute atomic E-state index is 0.0170. The highest BCUT2D eigenvalue weighted by atomic mass is 19.4. The molecule has 104 valence electrons. The quantitative estimate of drug-likeness (QED) is 0.878. The minimum Gasteiger partial charge on any atom is -0.350 e. The fourth-order valence-corrected chi connectivity index (χ4v) is 1.98. The highest BCUT2D eigenvalue weighted by Gasteiger charge is 2.31. The Labute approximate surface area is 108 Å². The first kappa shape index (κ1) is 13.8. The molecule has 0 aliphatic heterocycles. The largest absolute Gasteiger partial charge is 0.417 e. The van der Waals surface area contributed by atoms with E-state index in [1.165, 1.54) is 0 Å². The smallest absolute Gasteiger partial charge is 0.350 e. The number of carbonyl (C=O) groups is 1. The lowest BCUT2D eigenvalue weighted by Crippen LogP contribution is -2.42. The van der Waals surface area contributed by atoms with Gasteiger partial charge in [-0.2, -0.15) is 13.2 Å². The van der Waals surface area contributed by atoms with Gasteiger partial charge in [-0.15, -0.1) is 0 Å². The van der Waals surface area contributed by atoms with Crippen molar-refractivity contribution in [2.24, 2.45) is 11.7 Å². The Hall–Kier alpha value is -1.63. The van der Waals surface area contributed by atoms with Gasteiger partial charge in [0, 0.05) is 18.8 Å². The van der Waals surface area contributed by atoms with Gasteiger partial charge in [-0.05, 0) is 30.9 Å². The van der Waals surface area contributed by atoms with Crippen molar-refractivity contribution in [1.29, 1.82) is 0 Å². The standard InChI is InChI=1S/C12H14F3N3O/c13-12(14,15)8-1-2-10(17-6-8)11(19)18-5-7-3-9(16)4-7/h1-2,6-7,9H,3-5,16H2,(H,18,19). The van der Waals surface area contributed by atoms with Crippen LogP contribution in [0.2, 0.25) is 0 Å². The molecule has 0 radical (unpaired) electrons. The number of aromatic nitrogens is 1. The number of hydrogen-bond acceptors (Lipinski definition) is 3. The summed E-state index contributed by atoms with van der Waals surface area (Å²) in [7, 11) is 0. The molecule has 1 fully saturated rings. The van der Waals surface area contributed by atoms with E-state index in [0.29, 0.717) is 18.7 Å². The number of halogens is 3. The van der Waals surface area contributed by atoms with Gasteiger partial charge in [0.25, 0.3) is 5.91 Å². The van der Waals surface area contributed by atoms with Crippen LogP contribution < -0.4 is 11.1 Å². The second-order valence-corrected chi connectivity index (χ2v) is 4.74. The van der Waals surface area contributed by atoms with Gasteiger partial charge in [-0.1, -0.05) is 0 Å². The maximum absolute atomic E-state index is 12.3. The van der Waals surface area contributed by atoms with Crippen molar-refractivity contribution in [3.8, 4) is 0 Å². The van der Waals surface area contributed by atoms with Gasteiger partial charge in [0.2, 0.25) is 0 Å². The SMILES string of the molecule is NC1CC(CNC(=O)c2ccc(C(F)(F)F)cn2)C1. The first-order valence-electron chi connectivity index (χ1n) is 5.93. The first-order chi connectivity index (χ1) is 8.86. The molecule has 0 saturated heterocycles. The molecule has 0 bridgehead atoms. The van der Waals surface area contributed by atoms with E-state index < -0.39 is 17.6 Å². The predicted molar refractivity (Wildman–Crippen MR) is 62.3 cm³/mol. The number of nitrogens with two attached hydrogens (primary N) is 1. The molecule has 0 spiro atoms. The van der Waals surface area contributed by atoms with Crippen LogP contribution in [-0.4, -0.2) is 23.5 Å². The summed E-state index contributed by atoms with van der Waals surface area (Å²) < 4.78 is 36.9. The van der Waals surface area contributed by atoms with Crippen LogP contribution in [0.25, 0.3) is 0 Å². The van der Waals surface area contributed by atoms with Gasteiger partial charge in [0.15, 0.2) is 0 Å². The molecule has 3 N–H and O–H groups in total. The van der Waals surface area contributed by atoms with Gasteiger partial charge >= 0.3 is 6.18 Å². The molecule has 1 aromatic rings. The van der Waals surface area contributed by atoms with Gasteiger partial charge in [0.1, 0.15) is 5.69 Å². The van der Waals surface area contributed by atoms with Crippen LogP contribution in [0.5, 0.6) is 0 Å². The molecule has 0 aromatic carbocycles. The molecule has 1 aromatic heterocycles. The second kappa shape index (κ2) is 5.16. The van der Waals surface area contributed by atoms with Crippen molar-refractivity contribution >= 4 is 5.91 Å². The summed E-state index contributed by atoms with van der Waals surface area (Å²) in [5, 5.41) is 2.64. The van der Waals surface area contributed by atoms with Crippen LogP contribution in [0.1, 0.15) is 28.9 Å². The Balaban J connectivity index is 1.89. The number of hydrogen-bond donors (Lipinski definition) is 2. The Bertz CT molecular complexity index is 452. The fourth-order valence-electron chi connectivity index (χ4n) is 1.98. The number of amides is 1. The van der Waals surface area contributed by atoms with Crippen LogP contribution in [0.3, 0.4) is 0 Å². The van der Waals surface area contributed by atoms with E-state index in [2.05, 4.69) is 10.3 Å². The first-order valence-corrected chi connectivity index (χ1v) is 5.93. The average molecular weight is 273 g/mol. The summed E-state index contributed by atoms with van der Waals surface area (Å²) >= 11 is 0. The zero-order valence-electron chi connectivity index (χ0n) is 10.1. The third kappa shape index (κ3) is 3.44. The molecule has 1 heterocycles. The number of alkyl halides is 3. The summed E-state index contributed by atoms with van der Waals surface area (Å²) in [6.45, 7) is 0.481. The van der Waals surface area contributed by atoms with Gasteiger partial charge < -0.3 is 11.1 Å². The molecule has 19 heavy (non-hydrogen) atoms. The minimum atomic E-state index is -4.44. The Morgan fingerprint density at radius 3 is 2.58 bits per heavy atom. The number of nitrogens with zero attached hydrogens (tertiary/aromatic N) is 1. The predicted octanol–water partition coefficient (Wildman–Crippen LogP) is 1.57. The lowest BCUT2D eigenvalue weighted by atomic mass is 9.81. The summed E-state index contributed by atoms with van der Waals surface area (Å²) in [6, 6.07) is 2.12. The van der Waals surface area contributed by atoms with Crippen LogP contribution >= 0.6 is 0 Å². The van der Waals surface area contributed by atoms with E-state index in [4.69, 9.17) is 5.73 Å². The van der Waals surface area contributed by atoms with E-state index in [1.54, 1.807) is 0 Å². The third-order valence-electron chi connectivity index (χ3n) is 3.15. The number of pyridine rings is 1. The van der Waals surface area contributed by atoms with E-state index >= 15 is 0 Å². The molecular formula is C12H14F3N3O. The van der Waals surface area contributed by atoms with Crippen molar-refractivity contribution in [2.75, 3.05) is 6.54 Å². The number of rotatable bonds is 3. The summed E-state index contributed by atoms with van der Waals surface area (Å²) in [5.74, 6) is -0.109. The fraction of sp³-hybridized carbons (Fsp3) is 0.500. The summed E-state index contributed by atoms with van der Waals surface area (Å²) in [4.78, 5) is 15.2. The van der Waals surface area contributed by atoms with E-state index in [0.717, 1.165) is 25.0 Å². The average Bonchev–Trinajstić information content (AvgIpc) is 2.32. The highest BCUT2D eigenvalue weighted by molar-refractivity contribution is 5.92. The molecule has 4 nitrogen and oxygen atoms in total.